The van der Waals surface area contributed by atoms with Gasteiger partial charge in [0.25, 0.3) is 0 Å². The maximum Gasteiger partial charge on any atom is 0.326 e. The number of nitrogens with two attached hydrogens (primary N) is 1. The molecule has 20 heavy (non-hydrogen) atoms. The number of amides is 2. The molecule has 0 aliphatic heterocycles. The summed E-state index contributed by atoms with van der Waals surface area (Å²) < 4.78 is 0. The van der Waals surface area contributed by atoms with Crippen molar-refractivity contribution in [3.8, 4) is 0 Å². The quantitative estimate of drug-likeness (QED) is 0.700. The van der Waals surface area contributed by atoms with E-state index < -0.39 is 35.7 Å². The third kappa shape index (κ3) is 3.81. The predicted molar refractivity (Wildman–Crippen MR) is 72.8 cm³/mol. The van der Waals surface area contributed by atoms with Crippen molar-refractivity contribution < 1.29 is 19.5 Å². The maximum atomic E-state index is 12.2. The molecule has 0 saturated carbocycles. The Balaban J connectivity index is 2.88. The third-order valence-corrected chi connectivity index (χ3v) is 3.07. The highest BCUT2D eigenvalue weighted by Gasteiger charge is 2.33. The molecule has 1 rings (SSSR count). The number of benzene rings is 1. The number of aliphatic carboxylic acids is 1. The van der Waals surface area contributed by atoms with Gasteiger partial charge in [-0.1, -0.05) is 30.3 Å². The van der Waals surface area contributed by atoms with Gasteiger partial charge >= 0.3 is 5.97 Å². The van der Waals surface area contributed by atoms with Crippen molar-refractivity contribution in [1.29, 1.82) is 0 Å². The second kappa shape index (κ2) is 6.18. The monoisotopic (exact) mass is 278 g/mol. The molecule has 0 fully saturated rings. The molecule has 0 bridgehead atoms. The molecule has 1 atom stereocenters. The summed E-state index contributed by atoms with van der Waals surface area (Å²) in [5.74, 6) is -2.55. The van der Waals surface area contributed by atoms with Gasteiger partial charge in [-0.05, 0) is 19.4 Å². The summed E-state index contributed by atoms with van der Waals surface area (Å²) in [7, 11) is 0. The number of carbonyl (C=O) groups excluding carboxylic acids is 2. The van der Waals surface area contributed by atoms with Crippen LogP contribution in [0.3, 0.4) is 0 Å². The van der Waals surface area contributed by atoms with Gasteiger partial charge in [-0.15, -0.1) is 0 Å². The van der Waals surface area contributed by atoms with Crippen molar-refractivity contribution in [2.24, 2.45) is 5.73 Å². The van der Waals surface area contributed by atoms with E-state index in [1.807, 2.05) is 6.07 Å². The molecule has 0 heterocycles. The molecule has 108 valence electrons. The van der Waals surface area contributed by atoms with E-state index in [0.717, 1.165) is 5.56 Å². The van der Waals surface area contributed by atoms with Gasteiger partial charge in [0.05, 0.1) is 11.8 Å². The molecule has 1 unspecified atom stereocenters. The zero-order valence-electron chi connectivity index (χ0n) is 11.4. The lowest BCUT2D eigenvalue weighted by atomic mass is 9.83. The summed E-state index contributed by atoms with van der Waals surface area (Å²) in [5, 5.41) is 11.3. The number of hydrogen-bond donors (Lipinski definition) is 3. The van der Waals surface area contributed by atoms with E-state index in [-0.39, 0.29) is 0 Å². The van der Waals surface area contributed by atoms with Gasteiger partial charge in [0.15, 0.2) is 0 Å². The zero-order valence-corrected chi connectivity index (χ0v) is 11.4. The summed E-state index contributed by atoms with van der Waals surface area (Å²) in [4.78, 5) is 34.1. The zero-order chi connectivity index (χ0) is 15.3. The first kappa shape index (κ1) is 15.7. The fraction of sp³-hybridized carbons (Fsp3) is 0.357. The standard InChI is InChI=1S/C14H18N2O4/c1-14(2,9-6-4-3-5-7-9)13(20)16-10(12(18)19)8-11(15)17/h3-7,10H,8H2,1-2H3,(H2,15,17)(H,16,20)(H,18,19). The Kier molecular flexibility index (Phi) is 4.85. The molecule has 6 heteroatoms. The van der Waals surface area contributed by atoms with Crippen LogP contribution in [0.15, 0.2) is 30.3 Å². The summed E-state index contributed by atoms with van der Waals surface area (Å²) in [6.45, 7) is 3.36. The first-order valence-electron chi connectivity index (χ1n) is 6.12. The minimum Gasteiger partial charge on any atom is -0.480 e. The lowest BCUT2D eigenvalue weighted by Crippen LogP contribution is -2.49. The molecule has 4 N–H and O–H groups in total. The lowest BCUT2D eigenvalue weighted by Gasteiger charge is -2.26. The van der Waals surface area contributed by atoms with Gasteiger partial charge in [0.1, 0.15) is 6.04 Å². The Morgan fingerprint density at radius 2 is 1.80 bits per heavy atom. The number of primary amides is 1. The second-order valence-electron chi connectivity index (χ2n) is 5.03. The van der Waals surface area contributed by atoms with Crippen LogP contribution in [-0.2, 0) is 19.8 Å². The molecule has 2 amide bonds. The van der Waals surface area contributed by atoms with Crippen LogP contribution < -0.4 is 11.1 Å². The molecule has 0 aliphatic rings. The highest BCUT2D eigenvalue weighted by molar-refractivity contribution is 5.92. The molecule has 1 aromatic rings. The smallest absolute Gasteiger partial charge is 0.326 e. The van der Waals surface area contributed by atoms with E-state index in [1.54, 1.807) is 38.1 Å². The Hall–Kier alpha value is -2.37. The minimum absolute atomic E-state index is 0.439. The van der Waals surface area contributed by atoms with Gasteiger partial charge in [-0.25, -0.2) is 4.79 Å². The Labute approximate surface area is 117 Å². The number of nitrogens with one attached hydrogen (secondary N) is 1. The first-order chi connectivity index (χ1) is 9.25. The van der Waals surface area contributed by atoms with Crippen LogP contribution in [0.2, 0.25) is 0 Å². The van der Waals surface area contributed by atoms with E-state index in [9.17, 15) is 14.4 Å². The normalized spacial score (nSPS) is 12.5. The lowest BCUT2D eigenvalue weighted by molar-refractivity contribution is -0.144. The Morgan fingerprint density at radius 1 is 1.25 bits per heavy atom. The van der Waals surface area contributed by atoms with Crippen molar-refractivity contribution >= 4 is 17.8 Å². The van der Waals surface area contributed by atoms with Crippen molar-refractivity contribution in [3.05, 3.63) is 35.9 Å². The minimum atomic E-state index is -1.32. The number of carboxylic acid groups (broad SMARTS) is 1. The summed E-state index contributed by atoms with van der Waals surface area (Å²) in [5.41, 5.74) is 4.81. The number of hydrogen-bond acceptors (Lipinski definition) is 3. The third-order valence-electron chi connectivity index (χ3n) is 3.07. The molecule has 0 aliphatic carbocycles. The SMILES string of the molecule is CC(C)(C(=O)NC(CC(N)=O)C(=O)O)c1ccccc1. The van der Waals surface area contributed by atoms with Gasteiger partial charge in [0.2, 0.25) is 11.8 Å². The summed E-state index contributed by atoms with van der Waals surface area (Å²) in [6, 6.07) is 7.66. The van der Waals surface area contributed by atoms with Crippen LogP contribution in [0.5, 0.6) is 0 Å². The molecular formula is C14H18N2O4. The molecule has 0 saturated heterocycles. The molecule has 0 aromatic heterocycles. The van der Waals surface area contributed by atoms with Crippen molar-refractivity contribution in [2.45, 2.75) is 31.7 Å². The van der Waals surface area contributed by atoms with Crippen LogP contribution in [-0.4, -0.2) is 28.9 Å². The van der Waals surface area contributed by atoms with Crippen LogP contribution in [0.1, 0.15) is 25.8 Å². The van der Waals surface area contributed by atoms with Gasteiger partial charge in [-0.2, -0.15) is 0 Å². The van der Waals surface area contributed by atoms with Crippen LogP contribution in [0.25, 0.3) is 0 Å². The van der Waals surface area contributed by atoms with Gasteiger partial charge in [0, 0.05) is 0 Å². The highest BCUT2D eigenvalue weighted by Crippen LogP contribution is 2.23. The predicted octanol–water partition coefficient (Wildman–Crippen LogP) is 0.409. The topological polar surface area (TPSA) is 109 Å². The summed E-state index contributed by atoms with van der Waals surface area (Å²) in [6.07, 6.45) is -0.439. The second-order valence-corrected chi connectivity index (χ2v) is 5.03. The Bertz CT molecular complexity index is 511. The molecular weight excluding hydrogens is 260 g/mol. The van der Waals surface area contributed by atoms with Crippen molar-refractivity contribution in [1.82, 2.24) is 5.32 Å². The number of carboxylic acids is 1. The van der Waals surface area contributed by atoms with Crippen molar-refractivity contribution in [2.75, 3.05) is 0 Å². The van der Waals surface area contributed by atoms with E-state index in [2.05, 4.69) is 5.32 Å². The molecule has 0 radical (unpaired) electrons. The van der Waals surface area contributed by atoms with Crippen molar-refractivity contribution in [3.63, 3.8) is 0 Å². The number of rotatable bonds is 6. The molecule has 1 aromatic carbocycles. The van der Waals surface area contributed by atoms with Crippen LogP contribution in [0.4, 0.5) is 0 Å². The average Bonchev–Trinajstić information content (AvgIpc) is 2.38. The Morgan fingerprint density at radius 3 is 2.25 bits per heavy atom. The van der Waals surface area contributed by atoms with Crippen LogP contribution in [0, 0.1) is 0 Å². The molecule has 0 spiro atoms. The fourth-order valence-corrected chi connectivity index (χ4v) is 1.73. The van der Waals surface area contributed by atoms with Gasteiger partial charge < -0.3 is 16.2 Å². The van der Waals surface area contributed by atoms with Crippen LogP contribution >= 0.6 is 0 Å². The van der Waals surface area contributed by atoms with E-state index in [0.29, 0.717) is 0 Å². The summed E-state index contributed by atoms with van der Waals surface area (Å²) >= 11 is 0. The first-order valence-corrected chi connectivity index (χ1v) is 6.12. The molecule has 6 nitrogen and oxygen atoms in total. The number of carbonyl (C=O) groups is 3. The fourth-order valence-electron chi connectivity index (χ4n) is 1.73. The largest absolute Gasteiger partial charge is 0.480 e. The average molecular weight is 278 g/mol. The van der Waals surface area contributed by atoms with E-state index in [4.69, 9.17) is 10.8 Å². The van der Waals surface area contributed by atoms with E-state index >= 15 is 0 Å². The maximum absolute atomic E-state index is 12.2. The highest BCUT2D eigenvalue weighted by atomic mass is 16.4. The van der Waals surface area contributed by atoms with E-state index in [1.165, 1.54) is 0 Å². The van der Waals surface area contributed by atoms with Gasteiger partial charge in [-0.3, -0.25) is 9.59 Å².